The van der Waals surface area contributed by atoms with Crippen LogP contribution in [0.3, 0.4) is 0 Å². The van der Waals surface area contributed by atoms with E-state index in [4.69, 9.17) is 9.15 Å². The quantitative estimate of drug-likeness (QED) is 0.795. The van der Waals surface area contributed by atoms with E-state index >= 15 is 0 Å². The van der Waals surface area contributed by atoms with Gasteiger partial charge in [0.15, 0.2) is 18.7 Å². The van der Waals surface area contributed by atoms with Gasteiger partial charge in [0.05, 0.1) is 5.56 Å². The number of carbonyl (C=O) groups excluding carboxylic acids is 1. The van der Waals surface area contributed by atoms with E-state index in [2.05, 4.69) is 0 Å². The van der Waals surface area contributed by atoms with Gasteiger partial charge in [0.2, 0.25) is 0 Å². The second-order valence-electron chi connectivity index (χ2n) is 3.72. The molecule has 0 fully saturated rings. The first-order chi connectivity index (χ1) is 8.99. The number of ether oxygens (including phenoxy) is 1. The Morgan fingerprint density at radius 1 is 1.16 bits per heavy atom. The van der Waals surface area contributed by atoms with Crippen molar-refractivity contribution in [2.75, 3.05) is 6.61 Å². The molecular weight excluding hydrogens is 261 g/mol. The minimum atomic E-state index is -4.41. The van der Waals surface area contributed by atoms with Crippen LogP contribution in [0.25, 0.3) is 11.3 Å². The van der Waals surface area contributed by atoms with Crippen LogP contribution in [0.1, 0.15) is 10.6 Å². The molecule has 0 aliphatic rings. The van der Waals surface area contributed by atoms with Gasteiger partial charge < -0.3 is 9.15 Å². The second kappa shape index (κ2) is 5.17. The maximum Gasteiger partial charge on any atom is 0.422 e. The van der Waals surface area contributed by atoms with Crippen LogP contribution in [0.2, 0.25) is 0 Å². The van der Waals surface area contributed by atoms with Gasteiger partial charge >= 0.3 is 6.18 Å². The number of furan rings is 1. The summed E-state index contributed by atoms with van der Waals surface area (Å²) in [4.78, 5) is 10.5. The molecule has 3 nitrogen and oxygen atoms in total. The second-order valence-corrected chi connectivity index (χ2v) is 3.72. The molecule has 0 aliphatic carbocycles. The fourth-order valence-corrected chi connectivity index (χ4v) is 1.52. The topological polar surface area (TPSA) is 39.4 Å². The smallest absolute Gasteiger partial charge is 0.422 e. The third-order valence-electron chi connectivity index (χ3n) is 2.29. The van der Waals surface area contributed by atoms with Gasteiger partial charge in [-0.1, -0.05) is 12.1 Å². The molecule has 0 saturated carbocycles. The molecular formula is C13H9F3O3. The van der Waals surface area contributed by atoms with Crippen LogP contribution in [-0.2, 0) is 0 Å². The highest BCUT2D eigenvalue weighted by atomic mass is 19.4. The number of hydrogen-bond acceptors (Lipinski definition) is 3. The van der Waals surface area contributed by atoms with Crippen LogP contribution >= 0.6 is 0 Å². The van der Waals surface area contributed by atoms with Crippen molar-refractivity contribution in [3.63, 3.8) is 0 Å². The average Bonchev–Trinajstić information content (AvgIpc) is 2.84. The molecule has 100 valence electrons. The molecule has 1 heterocycles. The van der Waals surface area contributed by atoms with Crippen LogP contribution < -0.4 is 4.74 Å². The van der Waals surface area contributed by atoms with E-state index in [1.807, 2.05) is 0 Å². The summed E-state index contributed by atoms with van der Waals surface area (Å²) in [5.74, 6) is 0.423. The van der Waals surface area contributed by atoms with Crippen LogP contribution in [0.5, 0.6) is 5.75 Å². The Labute approximate surface area is 106 Å². The molecule has 1 aromatic carbocycles. The van der Waals surface area contributed by atoms with Crippen molar-refractivity contribution >= 4 is 6.29 Å². The van der Waals surface area contributed by atoms with Gasteiger partial charge in [-0.2, -0.15) is 13.2 Å². The third-order valence-corrected chi connectivity index (χ3v) is 2.29. The van der Waals surface area contributed by atoms with Crippen LogP contribution in [-0.4, -0.2) is 19.1 Å². The predicted octanol–water partition coefficient (Wildman–Crippen LogP) is 3.70. The minimum absolute atomic E-state index is 0.0478. The lowest BCUT2D eigenvalue weighted by Gasteiger charge is -2.11. The summed E-state index contributed by atoms with van der Waals surface area (Å²) in [6.07, 6.45) is -3.90. The van der Waals surface area contributed by atoms with E-state index in [0.29, 0.717) is 11.8 Å². The fourth-order valence-electron chi connectivity index (χ4n) is 1.52. The molecule has 2 aromatic rings. The van der Waals surface area contributed by atoms with Crippen molar-refractivity contribution in [3.05, 3.63) is 42.2 Å². The molecule has 0 N–H and O–H groups in total. The summed E-state index contributed by atoms with van der Waals surface area (Å²) < 4.78 is 46.3. The van der Waals surface area contributed by atoms with Gasteiger partial charge in [-0.3, -0.25) is 4.79 Å². The van der Waals surface area contributed by atoms with Crippen molar-refractivity contribution < 1.29 is 27.1 Å². The number of para-hydroxylation sites is 1. The predicted molar refractivity (Wildman–Crippen MR) is 61.1 cm³/mol. The molecule has 0 aliphatic heterocycles. The van der Waals surface area contributed by atoms with Crippen molar-refractivity contribution in [1.82, 2.24) is 0 Å². The molecule has 19 heavy (non-hydrogen) atoms. The Morgan fingerprint density at radius 2 is 1.89 bits per heavy atom. The Morgan fingerprint density at radius 3 is 2.53 bits per heavy atom. The Bertz CT molecular complexity index is 573. The first-order valence-electron chi connectivity index (χ1n) is 5.33. The standard InChI is InChI=1S/C13H9F3O3/c14-13(15,16)8-18-11-4-2-1-3-10(11)12-6-5-9(7-17)19-12/h1-7H,8H2. The number of benzene rings is 1. The van der Waals surface area contributed by atoms with E-state index in [9.17, 15) is 18.0 Å². The lowest BCUT2D eigenvalue weighted by atomic mass is 10.1. The summed E-state index contributed by atoms with van der Waals surface area (Å²) in [6, 6.07) is 9.09. The van der Waals surface area contributed by atoms with Crippen molar-refractivity contribution in [2.24, 2.45) is 0 Å². The summed E-state index contributed by atoms with van der Waals surface area (Å²) in [5.41, 5.74) is 0.361. The van der Waals surface area contributed by atoms with Gasteiger partial charge in [-0.25, -0.2) is 0 Å². The Kier molecular flexibility index (Phi) is 3.59. The van der Waals surface area contributed by atoms with E-state index < -0.39 is 12.8 Å². The molecule has 0 unspecified atom stereocenters. The van der Waals surface area contributed by atoms with Gasteiger partial charge in [-0.05, 0) is 24.3 Å². The summed E-state index contributed by atoms with van der Waals surface area (Å²) in [5, 5.41) is 0. The number of carbonyl (C=O) groups is 1. The van der Waals surface area contributed by atoms with E-state index in [0.717, 1.165) is 0 Å². The third kappa shape index (κ3) is 3.37. The zero-order valence-corrected chi connectivity index (χ0v) is 9.61. The van der Waals surface area contributed by atoms with Crippen LogP contribution in [0.15, 0.2) is 40.8 Å². The molecule has 6 heteroatoms. The molecule has 0 spiro atoms. The van der Waals surface area contributed by atoms with Crippen LogP contribution in [0, 0.1) is 0 Å². The number of alkyl halides is 3. The van der Waals surface area contributed by atoms with Crippen molar-refractivity contribution in [2.45, 2.75) is 6.18 Å². The van der Waals surface area contributed by atoms with Crippen molar-refractivity contribution in [1.29, 1.82) is 0 Å². The SMILES string of the molecule is O=Cc1ccc(-c2ccccc2OCC(F)(F)F)o1. The number of rotatable bonds is 4. The van der Waals surface area contributed by atoms with Crippen LogP contribution in [0.4, 0.5) is 13.2 Å². The highest BCUT2D eigenvalue weighted by Gasteiger charge is 2.29. The minimum Gasteiger partial charge on any atom is -0.483 e. The Balaban J connectivity index is 2.27. The molecule has 0 atom stereocenters. The Hall–Kier alpha value is -2.24. The first-order valence-corrected chi connectivity index (χ1v) is 5.33. The lowest BCUT2D eigenvalue weighted by molar-refractivity contribution is -0.153. The highest BCUT2D eigenvalue weighted by molar-refractivity contribution is 5.74. The van der Waals surface area contributed by atoms with Gasteiger partial charge in [0.25, 0.3) is 0 Å². The maximum atomic E-state index is 12.1. The largest absolute Gasteiger partial charge is 0.483 e. The average molecular weight is 270 g/mol. The van der Waals surface area contributed by atoms with Crippen molar-refractivity contribution in [3.8, 4) is 17.1 Å². The summed E-state index contributed by atoms with van der Waals surface area (Å²) in [7, 11) is 0. The van der Waals surface area contributed by atoms with Gasteiger partial charge in [-0.15, -0.1) is 0 Å². The number of aldehydes is 1. The summed E-state index contributed by atoms with van der Waals surface area (Å²) >= 11 is 0. The van der Waals surface area contributed by atoms with Gasteiger partial charge in [0, 0.05) is 0 Å². The zero-order valence-electron chi connectivity index (χ0n) is 9.61. The van der Waals surface area contributed by atoms with E-state index in [1.165, 1.54) is 18.2 Å². The normalized spacial score (nSPS) is 11.3. The van der Waals surface area contributed by atoms with E-state index in [1.54, 1.807) is 18.2 Å². The molecule has 0 amide bonds. The molecule has 0 radical (unpaired) electrons. The van der Waals surface area contributed by atoms with Gasteiger partial charge in [0.1, 0.15) is 11.5 Å². The zero-order chi connectivity index (χ0) is 13.9. The van der Waals surface area contributed by atoms with E-state index in [-0.39, 0.29) is 17.3 Å². The maximum absolute atomic E-state index is 12.1. The molecule has 0 bridgehead atoms. The molecule has 2 rings (SSSR count). The lowest BCUT2D eigenvalue weighted by Crippen LogP contribution is -2.19. The molecule has 0 saturated heterocycles. The molecule has 1 aromatic heterocycles. The first kappa shape index (κ1) is 13.2. The number of hydrogen-bond donors (Lipinski definition) is 0. The highest BCUT2D eigenvalue weighted by Crippen LogP contribution is 2.32. The number of halogens is 3. The monoisotopic (exact) mass is 270 g/mol. The summed E-state index contributed by atoms with van der Waals surface area (Å²) in [6.45, 7) is -1.38. The fraction of sp³-hybridized carbons (Fsp3) is 0.154.